The zero-order valence-corrected chi connectivity index (χ0v) is 13.9. The maximum atomic E-state index is 11.3. The Morgan fingerprint density at radius 1 is 1.29 bits per heavy atom. The Hall–Kier alpha value is -2.84. The highest BCUT2D eigenvalue weighted by Crippen LogP contribution is 2.00. The number of rotatable bonds is 6. The standard InChI is InChI=1S/C11H19N3O2.C4H4O4/c1-11(2,3)14-10(15)16-6-4-5-9-7-12-8-13-9;5-1-3(7)4(8)2-6/h7-8H,4-6H2,1-3H3,(H,12,13)(H,14,15);1-2,7-8H/b;4-3+. The second-order valence-corrected chi connectivity index (χ2v) is 5.70. The van der Waals surface area contributed by atoms with Gasteiger partial charge < -0.3 is 25.3 Å². The molecule has 1 amide bonds. The molecule has 4 N–H and O–H groups in total. The van der Waals surface area contributed by atoms with Crippen LogP contribution in [0.15, 0.2) is 24.0 Å². The summed E-state index contributed by atoms with van der Waals surface area (Å²) in [6.45, 7) is 6.16. The van der Waals surface area contributed by atoms with Crippen molar-refractivity contribution in [2.45, 2.75) is 39.2 Å². The van der Waals surface area contributed by atoms with Crippen molar-refractivity contribution >= 4 is 18.7 Å². The van der Waals surface area contributed by atoms with Crippen molar-refractivity contribution < 1.29 is 29.3 Å². The molecule has 0 aromatic carbocycles. The van der Waals surface area contributed by atoms with Gasteiger partial charge in [0.2, 0.25) is 11.5 Å². The molecule has 0 radical (unpaired) electrons. The number of ether oxygens (including phenoxy) is 1. The van der Waals surface area contributed by atoms with Crippen LogP contribution in [0.3, 0.4) is 0 Å². The minimum absolute atomic E-state index is 0.0241. The van der Waals surface area contributed by atoms with Crippen LogP contribution < -0.4 is 5.32 Å². The van der Waals surface area contributed by atoms with Gasteiger partial charge in [-0.1, -0.05) is 0 Å². The Morgan fingerprint density at radius 3 is 2.29 bits per heavy atom. The van der Waals surface area contributed by atoms with Crippen LogP contribution in [-0.2, 0) is 20.7 Å². The van der Waals surface area contributed by atoms with Crippen molar-refractivity contribution in [3.05, 3.63) is 29.7 Å². The highest BCUT2D eigenvalue weighted by molar-refractivity contribution is 5.81. The van der Waals surface area contributed by atoms with Crippen LogP contribution in [0.2, 0.25) is 0 Å². The van der Waals surface area contributed by atoms with Crippen LogP contribution in [0, 0.1) is 0 Å². The molecule has 1 aromatic heterocycles. The molecular formula is C15H23N3O6. The predicted molar refractivity (Wildman–Crippen MR) is 85.6 cm³/mol. The van der Waals surface area contributed by atoms with Crippen LogP contribution in [0.1, 0.15) is 32.9 Å². The van der Waals surface area contributed by atoms with Crippen molar-refractivity contribution in [2.75, 3.05) is 6.61 Å². The summed E-state index contributed by atoms with van der Waals surface area (Å²) in [5.74, 6) is -1.89. The molecule has 0 atom stereocenters. The Kier molecular flexibility index (Phi) is 9.53. The minimum Gasteiger partial charge on any atom is -0.502 e. The van der Waals surface area contributed by atoms with Gasteiger partial charge in [-0.3, -0.25) is 9.59 Å². The number of alkyl carbamates (subject to hydrolysis) is 1. The number of aliphatic hydroxyl groups is 2. The third-order valence-corrected chi connectivity index (χ3v) is 2.34. The number of nitrogens with zero attached hydrogens (tertiary/aromatic N) is 1. The summed E-state index contributed by atoms with van der Waals surface area (Å²) in [6, 6.07) is 0. The molecule has 0 fully saturated rings. The van der Waals surface area contributed by atoms with Gasteiger partial charge in [0.1, 0.15) is 0 Å². The summed E-state index contributed by atoms with van der Waals surface area (Å²) in [7, 11) is 0. The summed E-state index contributed by atoms with van der Waals surface area (Å²) in [4.78, 5) is 37.1. The first kappa shape index (κ1) is 21.2. The molecule has 134 valence electrons. The average molecular weight is 341 g/mol. The van der Waals surface area contributed by atoms with E-state index in [1.54, 1.807) is 12.5 Å². The van der Waals surface area contributed by atoms with Crippen molar-refractivity contribution in [1.29, 1.82) is 0 Å². The van der Waals surface area contributed by atoms with Crippen LogP contribution in [0.25, 0.3) is 0 Å². The zero-order chi connectivity index (χ0) is 18.6. The number of carbonyl (C=O) groups is 3. The minimum atomic E-state index is -0.944. The number of aldehydes is 2. The second kappa shape index (κ2) is 10.8. The SMILES string of the molecule is CC(C)(C)NC(=O)OCCCc1cnc[nH]1.O=C/C(O)=C(\O)C=O. The first-order valence-corrected chi connectivity index (χ1v) is 7.14. The van der Waals surface area contributed by atoms with E-state index in [1.807, 2.05) is 20.8 Å². The highest BCUT2D eigenvalue weighted by atomic mass is 16.5. The van der Waals surface area contributed by atoms with E-state index in [1.165, 1.54) is 0 Å². The molecule has 9 nitrogen and oxygen atoms in total. The molecule has 0 saturated heterocycles. The maximum Gasteiger partial charge on any atom is 0.407 e. The summed E-state index contributed by atoms with van der Waals surface area (Å²) < 4.78 is 5.03. The van der Waals surface area contributed by atoms with Gasteiger partial charge in [0.15, 0.2) is 12.6 Å². The van der Waals surface area contributed by atoms with Crippen LogP contribution in [0.4, 0.5) is 4.79 Å². The van der Waals surface area contributed by atoms with Gasteiger partial charge in [-0.15, -0.1) is 0 Å². The zero-order valence-electron chi connectivity index (χ0n) is 13.9. The summed E-state index contributed by atoms with van der Waals surface area (Å²) in [6.07, 6.45) is 4.63. The first-order valence-electron chi connectivity index (χ1n) is 7.14. The number of aryl methyl sites for hydroxylation is 1. The molecule has 0 unspecified atom stereocenters. The number of aliphatic hydroxyl groups excluding tert-OH is 2. The fourth-order valence-electron chi connectivity index (χ4n) is 1.31. The van der Waals surface area contributed by atoms with Gasteiger partial charge >= 0.3 is 6.09 Å². The lowest BCUT2D eigenvalue weighted by Crippen LogP contribution is -2.41. The summed E-state index contributed by atoms with van der Waals surface area (Å²) in [5, 5.41) is 19.0. The lowest BCUT2D eigenvalue weighted by atomic mass is 10.1. The van der Waals surface area contributed by atoms with Crippen molar-refractivity contribution in [3.63, 3.8) is 0 Å². The average Bonchev–Trinajstić information content (AvgIpc) is 3.02. The molecule has 9 heteroatoms. The number of nitrogens with one attached hydrogen (secondary N) is 2. The van der Waals surface area contributed by atoms with Crippen molar-refractivity contribution in [3.8, 4) is 0 Å². The number of allylic oxidation sites excluding steroid dienone is 2. The molecule has 1 rings (SSSR count). The quantitative estimate of drug-likeness (QED) is 0.266. The molecule has 0 aliphatic heterocycles. The molecule has 0 aliphatic carbocycles. The number of imidazole rings is 1. The Balaban J connectivity index is 0.000000561. The Labute approximate surface area is 139 Å². The van der Waals surface area contributed by atoms with Gasteiger partial charge in [-0.25, -0.2) is 9.78 Å². The number of H-pyrrole nitrogens is 1. The van der Waals surface area contributed by atoms with E-state index in [0.717, 1.165) is 18.5 Å². The normalized spacial score (nSPS) is 11.5. The van der Waals surface area contributed by atoms with E-state index in [0.29, 0.717) is 6.61 Å². The smallest absolute Gasteiger partial charge is 0.407 e. The molecule has 1 aromatic rings. The molecular weight excluding hydrogens is 318 g/mol. The van der Waals surface area contributed by atoms with Crippen LogP contribution in [0.5, 0.6) is 0 Å². The highest BCUT2D eigenvalue weighted by Gasteiger charge is 2.14. The topological polar surface area (TPSA) is 142 Å². The fourth-order valence-corrected chi connectivity index (χ4v) is 1.31. The number of aromatic amines is 1. The van der Waals surface area contributed by atoms with E-state index in [-0.39, 0.29) is 24.2 Å². The number of hydrogen-bond donors (Lipinski definition) is 4. The molecule has 0 saturated carbocycles. The van der Waals surface area contributed by atoms with Gasteiger partial charge in [0.05, 0.1) is 12.9 Å². The lowest BCUT2D eigenvalue weighted by molar-refractivity contribution is -0.110. The van der Waals surface area contributed by atoms with Crippen LogP contribution in [-0.4, -0.2) is 51.0 Å². The molecule has 24 heavy (non-hydrogen) atoms. The van der Waals surface area contributed by atoms with E-state index >= 15 is 0 Å². The third-order valence-electron chi connectivity index (χ3n) is 2.34. The Morgan fingerprint density at radius 2 is 1.88 bits per heavy atom. The monoisotopic (exact) mass is 341 g/mol. The molecule has 0 aliphatic rings. The van der Waals surface area contributed by atoms with Crippen molar-refractivity contribution in [2.24, 2.45) is 0 Å². The number of amides is 1. The molecule has 0 bridgehead atoms. The molecule has 1 heterocycles. The third kappa shape index (κ3) is 10.8. The Bertz CT molecular complexity index is 530. The van der Waals surface area contributed by atoms with E-state index in [2.05, 4.69) is 15.3 Å². The first-order chi connectivity index (χ1) is 11.2. The maximum absolute atomic E-state index is 11.3. The van der Waals surface area contributed by atoms with E-state index in [4.69, 9.17) is 14.9 Å². The fraction of sp³-hybridized carbons (Fsp3) is 0.467. The van der Waals surface area contributed by atoms with Crippen molar-refractivity contribution in [1.82, 2.24) is 15.3 Å². The number of carbonyl (C=O) groups excluding carboxylic acids is 3. The van der Waals surface area contributed by atoms with E-state index < -0.39 is 11.5 Å². The number of aromatic nitrogens is 2. The van der Waals surface area contributed by atoms with Gasteiger partial charge in [0, 0.05) is 17.4 Å². The predicted octanol–water partition coefficient (Wildman–Crippen LogP) is 1.58. The largest absolute Gasteiger partial charge is 0.502 e. The van der Waals surface area contributed by atoms with Gasteiger partial charge in [-0.05, 0) is 33.6 Å². The van der Waals surface area contributed by atoms with E-state index in [9.17, 15) is 14.4 Å². The second-order valence-electron chi connectivity index (χ2n) is 5.70. The summed E-state index contributed by atoms with van der Waals surface area (Å²) in [5.41, 5.74) is 0.806. The molecule has 0 spiro atoms. The summed E-state index contributed by atoms with van der Waals surface area (Å²) >= 11 is 0. The van der Waals surface area contributed by atoms with Gasteiger partial charge in [0.25, 0.3) is 0 Å². The van der Waals surface area contributed by atoms with Crippen LogP contribution >= 0.6 is 0 Å². The lowest BCUT2D eigenvalue weighted by Gasteiger charge is -2.19. The van der Waals surface area contributed by atoms with Gasteiger partial charge in [-0.2, -0.15) is 0 Å². The number of hydrogen-bond acceptors (Lipinski definition) is 7.